The van der Waals surface area contributed by atoms with Crippen molar-refractivity contribution in [3.63, 3.8) is 0 Å². The number of piperidine rings is 1. The number of anilines is 1. The molecule has 2 unspecified atom stereocenters. The Bertz CT molecular complexity index is 689. The fraction of sp³-hybridized carbons (Fsp3) is 0.538. The van der Waals surface area contributed by atoms with Crippen LogP contribution in [-0.4, -0.2) is 37.3 Å². The van der Waals surface area contributed by atoms with E-state index in [4.69, 9.17) is 0 Å². The average molecular weight is 311 g/mol. The molecule has 0 aromatic heterocycles. The highest BCUT2D eigenvalue weighted by Gasteiger charge is 2.44. The number of nitrogens with zero attached hydrogens (tertiary/aromatic N) is 2. The number of nitro groups is 1. The summed E-state index contributed by atoms with van der Waals surface area (Å²) >= 11 is 0. The molecular weight excluding hydrogens is 294 g/mol. The maximum absolute atomic E-state index is 12.7. The van der Waals surface area contributed by atoms with E-state index in [1.54, 1.807) is 4.31 Å². The number of sulfonamides is 1. The lowest BCUT2D eigenvalue weighted by Gasteiger charge is -2.26. The van der Waals surface area contributed by atoms with Crippen molar-refractivity contribution in [3.8, 4) is 0 Å². The van der Waals surface area contributed by atoms with Gasteiger partial charge in [-0.15, -0.1) is 0 Å². The fourth-order valence-corrected chi connectivity index (χ4v) is 5.11. The molecule has 1 N–H and O–H groups in total. The molecule has 1 heterocycles. The number of rotatable bonds is 4. The Balaban J connectivity index is 1.98. The summed E-state index contributed by atoms with van der Waals surface area (Å²) in [5.41, 5.74) is 0.0878. The largest absolute Gasteiger partial charge is 0.383 e. The number of fused-ring (bicyclic) bond motifs is 2. The van der Waals surface area contributed by atoms with E-state index in [9.17, 15) is 18.5 Å². The molecule has 1 aromatic carbocycles. The molecule has 0 spiro atoms. The van der Waals surface area contributed by atoms with Gasteiger partial charge in [-0.05, 0) is 37.3 Å². The van der Waals surface area contributed by atoms with Crippen molar-refractivity contribution in [3.05, 3.63) is 28.3 Å². The highest BCUT2D eigenvalue weighted by Crippen LogP contribution is 2.41. The van der Waals surface area contributed by atoms with Gasteiger partial charge in [-0.25, -0.2) is 8.42 Å². The predicted octanol–water partition coefficient (Wildman–Crippen LogP) is 1.81. The quantitative estimate of drug-likeness (QED) is 0.676. The molecule has 1 aliphatic carbocycles. The van der Waals surface area contributed by atoms with Crippen LogP contribution in [0.3, 0.4) is 0 Å². The first-order valence-corrected chi connectivity index (χ1v) is 8.35. The van der Waals surface area contributed by atoms with Crippen molar-refractivity contribution in [1.29, 1.82) is 0 Å². The Hall–Kier alpha value is -1.67. The first-order chi connectivity index (χ1) is 9.93. The Morgan fingerprint density at radius 3 is 2.67 bits per heavy atom. The van der Waals surface area contributed by atoms with Gasteiger partial charge in [0, 0.05) is 25.7 Å². The van der Waals surface area contributed by atoms with Crippen molar-refractivity contribution in [1.82, 2.24) is 4.31 Å². The van der Waals surface area contributed by atoms with Gasteiger partial charge < -0.3 is 5.32 Å². The molecule has 0 radical (unpaired) electrons. The van der Waals surface area contributed by atoms with Crippen molar-refractivity contribution < 1.29 is 13.3 Å². The minimum Gasteiger partial charge on any atom is -0.383 e. The Labute approximate surface area is 123 Å². The van der Waals surface area contributed by atoms with Crippen molar-refractivity contribution >= 4 is 21.4 Å². The monoisotopic (exact) mass is 311 g/mol. The van der Waals surface area contributed by atoms with E-state index < -0.39 is 14.9 Å². The molecule has 0 amide bonds. The smallest absolute Gasteiger partial charge is 0.292 e. The van der Waals surface area contributed by atoms with E-state index in [1.165, 1.54) is 25.2 Å². The molecule has 1 aromatic rings. The van der Waals surface area contributed by atoms with Crippen LogP contribution in [0.25, 0.3) is 0 Å². The number of nitro benzene ring substituents is 1. The summed E-state index contributed by atoms with van der Waals surface area (Å²) in [6.07, 6.45) is 2.94. The first kappa shape index (κ1) is 14.3. The van der Waals surface area contributed by atoms with Crippen LogP contribution in [0.4, 0.5) is 11.4 Å². The van der Waals surface area contributed by atoms with E-state index in [0.29, 0.717) is 12.5 Å². The Morgan fingerprint density at radius 1 is 1.38 bits per heavy atom. The third-order valence-corrected chi connectivity index (χ3v) is 6.31. The van der Waals surface area contributed by atoms with Gasteiger partial charge in [0.15, 0.2) is 0 Å². The summed E-state index contributed by atoms with van der Waals surface area (Å²) < 4.78 is 27.0. The molecule has 2 fully saturated rings. The van der Waals surface area contributed by atoms with Gasteiger partial charge in [-0.3, -0.25) is 10.1 Å². The van der Waals surface area contributed by atoms with Crippen molar-refractivity contribution in [2.45, 2.75) is 30.2 Å². The van der Waals surface area contributed by atoms with Gasteiger partial charge in [-0.1, -0.05) is 0 Å². The van der Waals surface area contributed by atoms with Crippen LogP contribution < -0.4 is 5.32 Å². The lowest BCUT2D eigenvalue weighted by molar-refractivity contribution is -0.384. The van der Waals surface area contributed by atoms with Crippen molar-refractivity contribution in [2.75, 3.05) is 18.9 Å². The minimum atomic E-state index is -3.57. The molecule has 8 heteroatoms. The zero-order valence-corrected chi connectivity index (χ0v) is 12.5. The summed E-state index contributed by atoms with van der Waals surface area (Å²) in [6, 6.07) is 4.00. The van der Waals surface area contributed by atoms with Gasteiger partial charge in [0.1, 0.15) is 5.69 Å². The van der Waals surface area contributed by atoms with Gasteiger partial charge in [-0.2, -0.15) is 4.31 Å². The zero-order chi connectivity index (χ0) is 15.2. The fourth-order valence-electron chi connectivity index (χ4n) is 3.34. The minimum absolute atomic E-state index is 0.0910. The Kier molecular flexibility index (Phi) is 3.37. The van der Waals surface area contributed by atoms with Gasteiger partial charge >= 0.3 is 0 Å². The van der Waals surface area contributed by atoms with Crippen LogP contribution in [0.5, 0.6) is 0 Å². The molecule has 114 valence electrons. The van der Waals surface area contributed by atoms with Crippen LogP contribution in [0.15, 0.2) is 23.1 Å². The second kappa shape index (κ2) is 4.96. The van der Waals surface area contributed by atoms with Gasteiger partial charge in [0.2, 0.25) is 10.0 Å². The summed E-state index contributed by atoms with van der Waals surface area (Å²) in [5, 5.41) is 13.6. The van der Waals surface area contributed by atoms with Crippen molar-refractivity contribution in [2.24, 2.45) is 5.92 Å². The van der Waals surface area contributed by atoms with Crippen LogP contribution in [0, 0.1) is 16.0 Å². The van der Waals surface area contributed by atoms with Crippen LogP contribution in [0.2, 0.25) is 0 Å². The highest BCUT2D eigenvalue weighted by atomic mass is 32.2. The lowest BCUT2D eigenvalue weighted by Crippen LogP contribution is -2.37. The molecule has 1 aliphatic heterocycles. The molecular formula is C13H17N3O4S. The summed E-state index contributed by atoms with van der Waals surface area (Å²) in [7, 11) is -2.04. The van der Waals surface area contributed by atoms with E-state index in [2.05, 4.69) is 5.32 Å². The number of hydrogen-bond donors (Lipinski definition) is 1. The molecule has 7 nitrogen and oxygen atoms in total. The molecule has 2 aliphatic rings. The maximum atomic E-state index is 12.7. The number of benzene rings is 1. The van der Waals surface area contributed by atoms with E-state index in [1.807, 2.05) is 0 Å². The number of hydrogen-bond acceptors (Lipinski definition) is 5. The summed E-state index contributed by atoms with van der Waals surface area (Å²) in [6.45, 7) is 0.568. The third kappa shape index (κ3) is 2.28. The average Bonchev–Trinajstić information content (AvgIpc) is 3.09. The molecule has 1 saturated carbocycles. The maximum Gasteiger partial charge on any atom is 0.292 e. The van der Waals surface area contributed by atoms with Crippen LogP contribution in [-0.2, 0) is 10.0 Å². The molecule has 2 atom stereocenters. The predicted molar refractivity (Wildman–Crippen MR) is 77.7 cm³/mol. The van der Waals surface area contributed by atoms with Crippen LogP contribution >= 0.6 is 0 Å². The van der Waals surface area contributed by atoms with Crippen LogP contribution in [0.1, 0.15) is 19.3 Å². The molecule has 3 rings (SSSR count). The molecule has 2 bridgehead atoms. The number of nitrogens with one attached hydrogen (secondary N) is 1. The SMILES string of the molecule is CNc1cc(S(=O)(=O)N2CC3CCC2C3)ccc1[N+](=O)[O-]. The third-order valence-electron chi connectivity index (χ3n) is 4.40. The van der Waals surface area contributed by atoms with Gasteiger partial charge in [0.25, 0.3) is 5.69 Å². The standard InChI is InChI=1S/C13H17N3O4S/c1-14-12-7-11(4-5-13(12)16(17)18)21(19,20)15-8-9-2-3-10(15)6-9/h4-5,7,9-10,14H,2-3,6,8H2,1H3. The first-order valence-electron chi connectivity index (χ1n) is 6.91. The molecule has 1 saturated heterocycles. The second-order valence-electron chi connectivity index (χ2n) is 5.59. The second-order valence-corrected chi connectivity index (χ2v) is 7.48. The normalized spacial score (nSPS) is 25.2. The highest BCUT2D eigenvalue weighted by molar-refractivity contribution is 7.89. The topological polar surface area (TPSA) is 92.6 Å². The van der Waals surface area contributed by atoms with E-state index >= 15 is 0 Å². The van der Waals surface area contributed by atoms with E-state index in [0.717, 1.165) is 19.3 Å². The Morgan fingerprint density at radius 2 is 2.14 bits per heavy atom. The summed E-state index contributed by atoms with van der Waals surface area (Å²) in [4.78, 5) is 10.5. The van der Waals surface area contributed by atoms with Gasteiger partial charge in [0.05, 0.1) is 9.82 Å². The van der Waals surface area contributed by atoms with E-state index in [-0.39, 0.29) is 22.3 Å². The molecule has 21 heavy (non-hydrogen) atoms. The zero-order valence-electron chi connectivity index (χ0n) is 11.7. The summed E-state index contributed by atoms with van der Waals surface area (Å²) in [5.74, 6) is 0.464. The lowest BCUT2D eigenvalue weighted by atomic mass is 10.1.